The van der Waals surface area contributed by atoms with Crippen molar-refractivity contribution in [2.24, 2.45) is 12.0 Å². The van der Waals surface area contributed by atoms with E-state index in [1.807, 2.05) is 38.8 Å². The summed E-state index contributed by atoms with van der Waals surface area (Å²) in [6.07, 6.45) is 0.859. The van der Waals surface area contributed by atoms with Gasteiger partial charge in [0.05, 0.1) is 11.4 Å². The number of aliphatic imine (C=N–C) groups is 1. The van der Waals surface area contributed by atoms with Gasteiger partial charge in [0.25, 0.3) is 0 Å². The highest BCUT2D eigenvalue weighted by Gasteiger charge is 2.14. The van der Waals surface area contributed by atoms with Crippen molar-refractivity contribution in [1.29, 1.82) is 0 Å². The van der Waals surface area contributed by atoms with Gasteiger partial charge in [-0.1, -0.05) is 6.07 Å². The van der Waals surface area contributed by atoms with E-state index in [4.69, 9.17) is 0 Å². The van der Waals surface area contributed by atoms with Gasteiger partial charge in [0, 0.05) is 46.5 Å². The number of hydrogen-bond donors (Lipinski definition) is 2. The predicted molar refractivity (Wildman–Crippen MR) is 125 cm³/mol. The molecule has 0 aliphatic heterocycles. The van der Waals surface area contributed by atoms with Crippen LogP contribution in [0.2, 0.25) is 0 Å². The zero-order valence-corrected chi connectivity index (χ0v) is 20.1. The normalized spacial score (nSPS) is 12.4. The molecule has 2 N–H and O–H groups in total. The molecule has 0 saturated carbocycles. The van der Waals surface area contributed by atoms with Gasteiger partial charge in [0.2, 0.25) is 0 Å². The zero-order chi connectivity index (χ0) is 20.1. The second-order valence-corrected chi connectivity index (χ2v) is 7.13. The molecule has 1 aromatic carbocycles. The minimum atomic E-state index is -0.224. The number of aryl methyl sites for hydroxylation is 2. The Bertz CT molecular complexity index is 815. The molecule has 0 spiro atoms. The standard InChI is InChI=1S/C20H31FN6.HI/c1-13(10-17-14(2)25-27(7)15(17)3)24-20(22-4)23-12-16-8-9-19(26(5)6)18(21)11-16;/h8-9,11,13H,10,12H2,1-7H3,(H2,22,23,24);1H. The van der Waals surface area contributed by atoms with Crippen LogP contribution >= 0.6 is 24.0 Å². The lowest BCUT2D eigenvalue weighted by atomic mass is 10.1. The average Bonchev–Trinajstić information content (AvgIpc) is 2.84. The number of halogens is 2. The number of guanidine groups is 1. The van der Waals surface area contributed by atoms with Gasteiger partial charge in [0.15, 0.2) is 5.96 Å². The highest BCUT2D eigenvalue weighted by Crippen LogP contribution is 2.18. The van der Waals surface area contributed by atoms with Crippen molar-refractivity contribution >= 4 is 35.6 Å². The van der Waals surface area contributed by atoms with Crippen LogP contribution in [0.3, 0.4) is 0 Å². The Morgan fingerprint density at radius 3 is 2.50 bits per heavy atom. The average molecular weight is 502 g/mol. The molecule has 0 saturated heterocycles. The monoisotopic (exact) mass is 502 g/mol. The van der Waals surface area contributed by atoms with Crippen molar-refractivity contribution in [3.8, 4) is 0 Å². The van der Waals surface area contributed by atoms with Gasteiger partial charge in [-0.05, 0) is 50.5 Å². The van der Waals surface area contributed by atoms with E-state index in [1.165, 1.54) is 11.3 Å². The molecule has 2 aromatic rings. The first-order valence-electron chi connectivity index (χ1n) is 9.15. The fourth-order valence-corrected chi connectivity index (χ4v) is 3.11. The molecule has 8 heteroatoms. The molecule has 6 nitrogen and oxygen atoms in total. The number of aromatic nitrogens is 2. The van der Waals surface area contributed by atoms with E-state index in [0.29, 0.717) is 18.2 Å². The first kappa shape index (κ1) is 24.2. The van der Waals surface area contributed by atoms with Crippen LogP contribution in [-0.4, -0.2) is 42.9 Å². The number of nitrogens with zero attached hydrogens (tertiary/aromatic N) is 4. The van der Waals surface area contributed by atoms with Crippen molar-refractivity contribution in [2.75, 3.05) is 26.0 Å². The minimum Gasteiger partial charge on any atom is -0.375 e. The maximum atomic E-state index is 14.1. The number of anilines is 1. The van der Waals surface area contributed by atoms with Crippen LogP contribution in [0.25, 0.3) is 0 Å². The number of nitrogens with one attached hydrogen (secondary N) is 2. The SMILES string of the molecule is CN=C(NCc1ccc(N(C)C)c(F)c1)NC(C)Cc1c(C)nn(C)c1C.I. The van der Waals surface area contributed by atoms with Crippen molar-refractivity contribution in [2.45, 2.75) is 39.8 Å². The Morgan fingerprint density at radius 1 is 1.32 bits per heavy atom. The summed E-state index contributed by atoms with van der Waals surface area (Å²) in [5.41, 5.74) is 4.95. The van der Waals surface area contributed by atoms with Crippen LogP contribution in [0.5, 0.6) is 0 Å². The lowest BCUT2D eigenvalue weighted by molar-refractivity contribution is 0.620. The zero-order valence-electron chi connectivity index (χ0n) is 17.8. The predicted octanol–water partition coefficient (Wildman–Crippen LogP) is 3.16. The third-order valence-corrected chi connectivity index (χ3v) is 4.73. The van der Waals surface area contributed by atoms with Gasteiger partial charge in [-0.2, -0.15) is 5.10 Å². The molecule has 0 bridgehead atoms. The molecule has 0 aliphatic rings. The summed E-state index contributed by atoms with van der Waals surface area (Å²) in [5, 5.41) is 11.1. The second kappa shape index (κ2) is 10.6. The van der Waals surface area contributed by atoms with Gasteiger partial charge in [-0.25, -0.2) is 4.39 Å². The van der Waals surface area contributed by atoms with Crippen LogP contribution in [0, 0.1) is 19.7 Å². The number of rotatable bonds is 6. The Morgan fingerprint density at radius 2 is 2.00 bits per heavy atom. The molecule has 2 rings (SSSR count). The van der Waals surface area contributed by atoms with E-state index >= 15 is 0 Å². The first-order chi connectivity index (χ1) is 12.7. The van der Waals surface area contributed by atoms with Gasteiger partial charge < -0.3 is 15.5 Å². The second-order valence-electron chi connectivity index (χ2n) is 7.13. The molecule has 0 amide bonds. The molecule has 1 atom stereocenters. The van der Waals surface area contributed by atoms with E-state index in [-0.39, 0.29) is 35.8 Å². The van der Waals surface area contributed by atoms with Gasteiger partial charge in [0.1, 0.15) is 5.82 Å². The van der Waals surface area contributed by atoms with Crippen LogP contribution < -0.4 is 15.5 Å². The van der Waals surface area contributed by atoms with E-state index < -0.39 is 0 Å². The third-order valence-electron chi connectivity index (χ3n) is 4.73. The van der Waals surface area contributed by atoms with Gasteiger partial charge >= 0.3 is 0 Å². The largest absolute Gasteiger partial charge is 0.375 e. The molecule has 28 heavy (non-hydrogen) atoms. The third kappa shape index (κ3) is 6.08. The highest BCUT2D eigenvalue weighted by molar-refractivity contribution is 14.0. The minimum absolute atomic E-state index is 0. The van der Waals surface area contributed by atoms with E-state index in [1.54, 1.807) is 24.1 Å². The van der Waals surface area contributed by atoms with Crippen molar-refractivity contribution in [3.05, 3.63) is 46.5 Å². The summed E-state index contributed by atoms with van der Waals surface area (Å²) in [6.45, 7) is 6.74. The quantitative estimate of drug-likeness (QED) is 0.362. The highest BCUT2D eigenvalue weighted by atomic mass is 127. The Labute approximate surface area is 184 Å². The summed E-state index contributed by atoms with van der Waals surface area (Å²) in [4.78, 5) is 6.04. The van der Waals surface area contributed by atoms with Crippen LogP contribution in [0.4, 0.5) is 10.1 Å². The topological polar surface area (TPSA) is 57.5 Å². The lowest BCUT2D eigenvalue weighted by Crippen LogP contribution is -2.42. The van der Waals surface area contributed by atoms with Crippen LogP contribution in [0.15, 0.2) is 23.2 Å². The molecule has 0 aliphatic carbocycles. The molecule has 1 heterocycles. The maximum absolute atomic E-state index is 14.1. The van der Waals surface area contributed by atoms with Crippen molar-refractivity contribution in [3.63, 3.8) is 0 Å². The van der Waals surface area contributed by atoms with E-state index in [9.17, 15) is 4.39 Å². The fraction of sp³-hybridized carbons (Fsp3) is 0.500. The smallest absolute Gasteiger partial charge is 0.191 e. The van der Waals surface area contributed by atoms with Crippen LogP contribution in [-0.2, 0) is 20.0 Å². The van der Waals surface area contributed by atoms with Gasteiger partial charge in [-0.3, -0.25) is 9.67 Å². The van der Waals surface area contributed by atoms with Gasteiger partial charge in [-0.15, -0.1) is 24.0 Å². The summed E-state index contributed by atoms with van der Waals surface area (Å²) in [6, 6.07) is 5.45. The fourth-order valence-electron chi connectivity index (χ4n) is 3.11. The van der Waals surface area contributed by atoms with Crippen molar-refractivity contribution in [1.82, 2.24) is 20.4 Å². The molecule has 1 unspecified atom stereocenters. The first-order valence-corrected chi connectivity index (χ1v) is 9.15. The molecule has 0 radical (unpaired) electrons. The summed E-state index contributed by atoms with van der Waals surface area (Å²) in [7, 11) is 7.35. The Balaban J connectivity index is 0.00000392. The number of hydrogen-bond acceptors (Lipinski definition) is 3. The molecule has 156 valence electrons. The Hall–Kier alpha value is -1.84. The van der Waals surface area contributed by atoms with E-state index in [2.05, 4.69) is 34.6 Å². The van der Waals surface area contributed by atoms with Crippen molar-refractivity contribution < 1.29 is 4.39 Å². The maximum Gasteiger partial charge on any atom is 0.191 e. The number of benzene rings is 1. The molecule has 1 aromatic heterocycles. The van der Waals surface area contributed by atoms with E-state index in [0.717, 1.165) is 17.7 Å². The molecular weight excluding hydrogens is 470 g/mol. The summed E-state index contributed by atoms with van der Waals surface area (Å²) < 4.78 is 16.0. The Kier molecular flexibility index (Phi) is 9.19. The van der Waals surface area contributed by atoms with Crippen LogP contribution in [0.1, 0.15) is 29.4 Å². The molecular formula is C20H32FIN6. The summed E-state index contributed by atoms with van der Waals surface area (Å²) in [5.74, 6) is 0.469. The summed E-state index contributed by atoms with van der Waals surface area (Å²) >= 11 is 0. The molecule has 0 fully saturated rings. The lowest BCUT2D eigenvalue weighted by Gasteiger charge is -2.19.